The average Bonchev–Trinajstić information content (AvgIpc) is 2.98. The Morgan fingerprint density at radius 2 is 1.65 bits per heavy atom. The number of hydrogen-bond donors (Lipinski definition) is 0. The van der Waals surface area contributed by atoms with Crippen LogP contribution >= 0.6 is 0 Å². The van der Waals surface area contributed by atoms with E-state index in [-0.39, 0.29) is 5.92 Å². The molecular weight excluding hydrogens is 280 g/mol. The minimum atomic E-state index is 0.150. The SMILES string of the molecule is Cn1ccc2ccc(C(c3ccccc3)c3ccccn3)cc21. The third-order valence-electron chi connectivity index (χ3n) is 4.36. The Labute approximate surface area is 136 Å². The van der Waals surface area contributed by atoms with Gasteiger partial charge in [0.2, 0.25) is 0 Å². The molecule has 0 radical (unpaired) electrons. The van der Waals surface area contributed by atoms with E-state index in [1.807, 2.05) is 12.3 Å². The highest BCUT2D eigenvalue weighted by Crippen LogP contribution is 2.32. The molecule has 0 bridgehead atoms. The molecule has 0 saturated carbocycles. The summed E-state index contributed by atoms with van der Waals surface area (Å²) < 4.78 is 2.17. The molecule has 0 N–H and O–H groups in total. The fourth-order valence-electron chi connectivity index (χ4n) is 3.19. The zero-order chi connectivity index (χ0) is 15.6. The number of hydrogen-bond acceptors (Lipinski definition) is 1. The molecule has 23 heavy (non-hydrogen) atoms. The monoisotopic (exact) mass is 298 g/mol. The molecule has 0 aliphatic heterocycles. The largest absolute Gasteiger partial charge is 0.351 e. The average molecular weight is 298 g/mol. The normalized spacial score (nSPS) is 12.4. The van der Waals surface area contributed by atoms with Gasteiger partial charge in [0, 0.05) is 25.0 Å². The quantitative estimate of drug-likeness (QED) is 0.533. The van der Waals surface area contributed by atoms with Crippen LogP contribution in [0.3, 0.4) is 0 Å². The molecule has 2 nitrogen and oxygen atoms in total. The van der Waals surface area contributed by atoms with E-state index in [2.05, 4.69) is 89.5 Å². The topological polar surface area (TPSA) is 17.8 Å². The van der Waals surface area contributed by atoms with E-state index < -0.39 is 0 Å². The standard InChI is InChI=1S/C21H18N2/c1-23-14-12-16-10-11-18(15-20(16)23)21(17-7-3-2-4-8-17)19-9-5-6-13-22-19/h2-15,21H,1H3. The van der Waals surface area contributed by atoms with Crippen molar-refractivity contribution in [3.05, 3.63) is 102 Å². The van der Waals surface area contributed by atoms with E-state index in [1.54, 1.807) is 0 Å². The van der Waals surface area contributed by atoms with Gasteiger partial charge >= 0.3 is 0 Å². The van der Waals surface area contributed by atoms with Gasteiger partial charge in [0.05, 0.1) is 11.6 Å². The molecule has 2 heteroatoms. The first-order valence-electron chi connectivity index (χ1n) is 7.84. The fourth-order valence-corrected chi connectivity index (χ4v) is 3.19. The predicted molar refractivity (Wildman–Crippen MR) is 94.5 cm³/mol. The molecule has 2 aromatic carbocycles. The molecule has 4 aromatic rings. The lowest BCUT2D eigenvalue weighted by atomic mass is 9.88. The van der Waals surface area contributed by atoms with Crippen molar-refractivity contribution in [2.45, 2.75) is 5.92 Å². The van der Waals surface area contributed by atoms with E-state index >= 15 is 0 Å². The lowest BCUT2D eigenvalue weighted by Gasteiger charge is -2.18. The van der Waals surface area contributed by atoms with E-state index in [0.29, 0.717) is 0 Å². The first kappa shape index (κ1) is 13.8. The molecule has 2 heterocycles. The lowest BCUT2D eigenvalue weighted by Crippen LogP contribution is -2.05. The van der Waals surface area contributed by atoms with Crippen LogP contribution in [0.1, 0.15) is 22.7 Å². The summed E-state index contributed by atoms with van der Waals surface area (Å²) >= 11 is 0. The van der Waals surface area contributed by atoms with Gasteiger partial charge in [-0.3, -0.25) is 4.98 Å². The van der Waals surface area contributed by atoms with Crippen molar-refractivity contribution in [1.29, 1.82) is 0 Å². The van der Waals surface area contributed by atoms with E-state index in [0.717, 1.165) is 5.69 Å². The zero-order valence-electron chi connectivity index (χ0n) is 13.1. The van der Waals surface area contributed by atoms with Crippen LogP contribution in [-0.4, -0.2) is 9.55 Å². The number of aromatic nitrogens is 2. The highest BCUT2D eigenvalue weighted by atomic mass is 14.9. The maximum atomic E-state index is 4.62. The van der Waals surface area contributed by atoms with Crippen molar-refractivity contribution in [3.8, 4) is 0 Å². The first-order valence-corrected chi connectivity index (χ1v) is 7.84. The highest BCUT2D eigenvalue weighted by molar-refractivity contribution is 5.81. The summed E-state index contributed by atoms with van der Waals surface area (Å²) in [6.07, 6.45) is 3.97. The van der Waals surface area contributed by atoms with Crippen LogP contribution in [-0.2, 0) is 7.05 Å². The van der Waals surface area contributed by atoms with E-state index in [1.165, 1.54) is 22.0 Å². The summed E-state index contributed by atoms with van der Waals surface area (Å²) in [7, 11) is 2.09. The maximum absolute atomic E-state index is 4.62. The highest BCUT2D eigenvalue weighted by Gasteiger charge is 2.18. The Balaban J connectivity index is 1.91. The van der Waals surface area contributed by atoms with Crippen LogP contribution in [0.5, 0.6) is 0 Å². The van der Waals surface area contributed by atoms with Crippen LogP contribution in [0.15, 0.2) is 85.2 Å². The van der Waals surface area contributed by atoms with Gasteiger partial charge in [0.15, 0.2) is 0 Å². The van der Waals surface area contributed by atoms with Crippen LogP contribution in [0, 0.1) is 0 Å². The third-order valence-corrected chi connectivity index (χ3v) is 4.36. The van der Waals surface area contributed by atoms with Gasteiger partial charge in [0.1, 0.15) is 0 Å². The van der Waals surface area contributed by atoms with E-state index in [9.17, 15) is 0 Å². The number of aryl methyl sites for hydroxylation is 1. The molecule has 0 spiro atoms. The number of nitrogens with zero attached hydrogens (tertiary/aromatic N) is 2. The Bertz CT molecular complexity index is 884. The van der Waals surface area contributed by atoms with Crippen LogP contribution in [0.4, 0.5) is 0 Å². The lowest BCUT2D eigenvalue weighted by molar-refractivity contribution is 0.914. The number of fused-ring (bicyclic) bond motifs is 1. The van der Waals surface area contributed by atoms with Gasteiger partial charge in [-0.05, 0) is 40.8 Å². The summed E-state index contributed by atoms with van der Waals surface area (Å²) in [5, 5.41) is 1.27. The van der Waals surface area contributed by atoms with Crippen molar-refractivity contribution in [1.82, 2.24) is 9.55 Å². The second kappa shape index (κ2) is 5.73. The molecular formula is C21H18N2. The van der Waals surface area contributed by atoms with Crippen LogP contribution in [0.25, 0.3) is 10.9 Å². The summed E-state index contributed by atoms with van der Waals surface area (Å²) in [5.41, 5.74) is 4.86. The van der Waals surface area contributed by atoms with Gasteiger partial charge in [-0.25, -0.2) is 0 Å². The van der Waals surface area contributed by atoms with E-state index in [4.69, 9.17) is 0 Å². The summed E-state index contributed by atoms with van der Waals surface area (Å²) in [4.78, 5) is 4.62. The molecule has 0 aliphatic carbocycles. The Hall–Kier alpha value is -2.87. The maximum Gasteiger partial charge on any atom is 0.0522 e. The first-order chi connectivity index (χ1) is 11.3. The molecule has 1 unspecified atom stereocenters. The second-order valence-electron chi connectivity index (χ2n) is 5.84. The number of rotatable bonds is 3. The minimum Gasteiger partial charge on any atom is -0.351 e. The molecule has 2 aromatic heterocycles. The summed E-state index contributed by atoms with van der Waals surface area (Å²) in [6.45, 7) is 0. The van der Waals surface area contributed by atoms with Gasteiger partial charge < -0.3 is 4.57 Å². The van der Waals surface area contributed by atoms with Gasteiger partial charge in [-0.1, -0.05) is 48.5 Å². The Kier molecular flexibility index (Phi) is 3.43. The summed E-state index contributed by atoms with van der Waals surface area (Å²) in [5.74, 6) is 0.150. The molecule has 0 amide bonds. The molecule has 0 aliphatic rings. The fraction of sp³-hybridized carbons (Fsp3) is 0.0952. The Morgan fingerprint density at radius 1 is 0.826 bits per heavy atom. The molecule has 112 valence electrons. The Morgan fingerprint density at radius 3 is 2.43 bits per heavy atom. The number of benzene rings is 2. The molecule has 0 saturated heterocycles. The third kappa shape index (κ3) is 2.53. The van der Waals surface area contributed by atoms with Crippen molar-refractivity contribution in [3.63, 3.8) is 0 Å². The van der Waals surface area contributed by atoms with Crippen molar-refractivity contribution in [2.75, 3.05) is 0 Å². The number of pyridine rings is 1. The van der Waals surface area contributed by atoms with Gasteiger partial charge in [-0.2, -0.15) is 0 Å². The van der Waals surface area contributed by atoms with Crippen molar-refractivity contribution >= 4 is 10.9 Å². The minimum absolute atomic E-state index is 0.150. The smallest absolute Gasteiger partial charge is 0.0522 e. The van der Waals surface area contributed by atoms with Gasteiger partial charge in [0.25, 0.3) is 0 Å². The molecule has 1 atom stereocenters. The zero-order valence-corrected chi connectivity index (χ0v) is 13.1. The summed E-state index contributed by atoms with van der Waals surface area (Å²) in [6, 6.07) is 25.6. The molecule has 4 rings (SSSR count). The van der Waals surface area contributed by atoms with Crippen molar-refractivity contribution in [2.24, 2.45) is 7.05 Å². The van der Waals surface area contributed by atoms with Crippen molar-refractivity contribution < 1.29 is 0 Å². The van der Waals surface area contributed by atoms with Crippen LogP contribution < -0.4 is 0 Å². The predicted octanol–water partition coefficient (Wildman–Crippen LogP) is 4.75. The van der Waals surface area contributed by atoms with Crippen LogP contribution in [0.2, 0.25) is 0 Å². The molecule has 0 fully saturated rings. The second-order valence-corrected chi connectivity index (χ2v) is 5.84. The van der Waals surface area contributed by atoms with Gasteiger partial charge in [-0.15, -0.1) is 0 Å².